The normalized spacial score (nSPS) is 13.7. The minimum absolute atomic E-state index is 0.0238. The topological polar surface area (TPSA) is 49.9 Å². The average molecular weight is 322 g/mol. The fraction of sp³-hybridized carbons (Fsp3) is 0.250. The number of aromatic amines is 1. The smallest absolute Gasteiger partial charge is 0.266 e. The van der Waals surface area contributed by atoms with E-state index in [0.717, 1.165) is 5.56 Å². The first kappa shape index (κ1) is 15.7. The van der Waals surface area contributed by atoms with Gasteiger partial charge in [0.15, 0.2) is 5.78 Å². The number of hydrogen-bond acceptors (Lipinski definition) is 3. The third-order valence-corrected chi connectivity index (χ3v) is 4.18. The van der Waals surface area contributed by atoms with Crippen molar-refractivity contribution in [1.82, 2.24) is 4.98 Å². The number of carbonyl (C=O) groups excluding carboxylic acids is 1. The van der Waals surface area contributed by atoms with Crippen molar-refractivity contribution in [2.24, 2.45) is 5.41 Å². The molecule has 2 aromatic rings. The summed E-state index contributed by atoms with van der Waals surface area (Å²) in [7, 11) is 0. The molecule has 0 unspecified atom stereocenters. The van der Waals surface area contributed by atoms with Crippen LogP contribution < -0.4 is 14.8 Å². The monoisotopic (exact) mass is 321 g/mol. The number of carbonyl (C=O) groups is 1. The molecule has 0 bridgehead atoms. The third-order valence-electron chi connectivity index (χ3n) is 2.87. The van der Waals surface area contributed by atoms with Gasteiger partial charge < -0.3 is 4.98 Å². The number of rotatable bonds is 2. The molecule has 0 amide bonds. The number of H-pyrrole nitrogens is 1. The van der Waals surface area contributed by atoms with Gasteiger partial charge in [0, 0.05) is 16.5 Å². The Morgan fingerprint density at radius 1 is 1.29 bits per heavy atom. The lowest BCUT2D eigenvalue weighted by Gasteiger charge is -2.12. The zero-order valence-electron chi connectivity index (χ0n) is 12.1. The third kappa shape index (κ3) is 3.93. The fourth-order valence-electron chi connectivity index (χ4n) is 1.59. The van der Waals surface area contributed by atoms with Crippen molar-refractivity contribution in [3.8, 4) is 0 Å². The second-order valence-electron chi connectivity index (χ2n) is 5.71. The Balaban J connectivity index is 2.51. The summed E-state index contributed by atoms with van der Waals surface area (Å²) in [5, 5.41) is 0.585. The Labute approximate surface area is 131 Å². The molecule has 110 valence electrons. The molecule has 0 atom stereocenters. The number of halogens is 1. The molecule has 0 radical (unpaired) electrons. The van der Waals surface area contributed by atoms with Gasteiger partial charge in [-0.15, -0.1) is 11.3 Å². The van der Waals surface area contributed by atoms with E-state index in [9.17, 15) is 9.59 Å². The van der Waals surface area contributed by atoms with Crippen LogP contribution in [0.4, 0.5) is 0 Å². The van der Waals surface area contributed by atoms with Crippen LogP contribution in [0.5, 0.6) is 0 Å². The van der Waals surface area contributed by atoms with Crippen molar-refractivity contribution in [3.05, 3.63) is 54.4 Å². The molecule has 0 saturated carbocycles. The largest absolute Gasteiger partial charge is 0.313 e. The van der Waals surface area contributed by atoms with Gasteiger partial charge in [-0.3, -0.25) is 9.59 Å². The van der Waals surface area contributed by atoms with E-state index in [-0.39, 0.29) is 11.3 Å². The molecule has 0 aliphatic carbocycles. The molecule has 0 aliphatic rings. The minimum Gasteiger partial charge on any atom is -0.313 e. The number of aromatic nitrogens is 1. The van der Waals surface area contributed by atoms with Crippen molar-refractivity contribution >= 4 is 40.9 Å². The summed E-state index contributed by atoms with van der Waals surface area (Å²) in [6, 6.07) is 7.30. The van der Waals surface area contributed by atoms with Crippen LogP contribution in [0.25, 0.3) is 12.2 Å². The van der Waals surface area contributed by atoms with E-state index in [0.29, 0.717) is 14.2 Å². The van der Waals surface area contributed by atoms with Gasteiger partial charge in [-0.05, 0) is 17.7 Å². The molecule has 21 heavy (non-hydrogen) atoms. The van der Waals surface area contributed by atoms with Crippen LogP contribution >= 0.6 is 22.9 Å². The van der Waals surface area contributed by atoms with Crippen LogP contribution in [0.2, 0.25) is 5.02 Å². The zero-order chi connectivity index (χ0) is 15.6. The van der Waals surface area contributed by atoms with E-state index >= 15 is 0 Å². The summed E-state index contributed by atoms with van der Waals surface area (Å²) in [4.78, 5) is 26.6. The van der Waals surface area contributed by atoms with Gasteiger partial charge in [-0.25, -0.2) is 0 Å². The van der Waals surface area contributed by atoms with Gasteiger partial charge in [-0.2, -0.15) is 0 Å². The van der Waals surface area contributed by atoms with Crippen LogP contribution in [-0.4, -0.2) is 10.8 Å². The maximum absolute atomic E-state index is 12.0. The van der Waals surface area contributed by atoms with Crippen LogP contribution in [0.15, 0.2) is 29.1 Å². The molecule has 1 aromatic heterocycles. The van der Waals surface area contributed by atoms with E-state index in [4.69, 9.17) is 11.6 Å². The van der Waals surface area contributed by atoms with Gasteiger partial charge in [-0.1, -0.05) is 50.6 Å². The van der Waals surface area contributed by atoms with Gasteiger partial charge in [0.1, 0.15) is 0 Å². The predicted octanol–water partition coefficient (Wildman–Crippen LogP) is 2.31. The minimum atomic E-state index is -0.465. The summed E-state index contributed by atoms with van der Waals surface area (Å²) >= 11 is 7.33. The Hall–Kier alpha value is -1.65. The molecule has 0 spiro atoms. The van der Waals surface area contributed by atoms with Crippen molar-refractivity contribution in [3.63, 3.8) is 0 Å². The Kier molecular flexibility index (Phi) is 4.49. The van der Waals surface area contributed by atoms with E-state index < -0.39 is 5.41 Å². The van der Waals surface area contributed by atoms with Crippen molar-refractivity contribution in [2.75, 3.05) is 0 Å². The molecule has 1 N–H and O–H groups in total. The number of nitrogens with one attached hydrogen (secondary N) is 1. The summed E-state index contributed by atoms with van der Waals surface area (Å²) in [6.07, 6.45) is 3.21. The quantitative estimate of drug-likeness (QED) is 0.923. The summed E-state index contributed by atoms with van der Waals surface area (Å²) in [6.45, 7) is 5.52. The summed E-state index contributed by atoms with van der Waals surface area (Å²) < 4.78 is 1.08. The first-order valence-electron chi connectivity index (χ1n) is 6.49. The molecular weight excluding hydrogens is 306 g/mol. The average Bonchev–Trinajstić information content (AvgIpc) is 2.71. The first-order chi connectivity index (χ1) is 9.77. The lowest BCUT2D eigenvalue weighted by Crippen LogP contribution is -2.22. The first-order valence-corrected chi connectivity index (χ1v) is 7.68. The number of Topliss-reactive ketones (excluding diaryl/α,β-unsaturated/α-hetero) is 1. The molecule has 1 aromatic carbocycles. The molecular formula is C16H16ClNO2S. The van der Waals surface area contributed by atoms with Gasteiger partial charge >= 0.3 is 0 Å². The number of ketones is 1. The fourth-order valence-corrected chi connectivity index (χ4v) is 2.66. The SMILES string of the molecule is CC(C)(C)C(=O)/C=c1\[nH]c(=O)/c(=C/c2ccccc2Cl)s1. The predicted molar refractivity (Wildman–Crippen MR) is 88.1 cm³/mol. The Morgan fingerprint density at radius 2 is 1.95 bits per heavy atom. The molecule has 0 saturated heterocycles. The number of benzene rings is 1. The molecule has 0 aliphatic heterocycles. The maximum Gasteiger partial charge on any atom is 0.266 e. The van der Waals surface area contributed by atoms with E-state index in [1.54, 1.807) is 12.1 Å². The second kappa shape index (κ2) is 6.00. The molecule has 1 heterocycles. The van der Waals surface area contributed by atoms with Crippen molar-refractivity contribution in [2.45, 2.75) is 20.8 Å². The second-order valence-corrected chi connectivity index (χ2v) is 7.20. The van der Waals surface area contributed by atoms with Gasteiger partial charge in [0.25, 0.3) is 5.56 Å². The molecule has 2 rings (SSSR count). The van der Waals surface area contributed by atoms with E-state index in [1.165, 1.54) is 17.4 Å². The number of thiazole rings is 1. The van der Waals surface area contributed by atoms with E-state index in [1.807, 2.05) is 39.0 Å². The zero-order valence-corrected chi connectivity index (χ0v) is 13.6. The molecule has 5 heteroatoms. The lowest BCUT2D eigenvalue weighted by atomic mass is 9.91. The van der Waals surface area contributed by atoms with Gasteiger partial charge in [0.2, 0.25) is 0 Å². The summed E-state index contributed by atoms with van der Waals surface area (Å²) in [5.41, 5.74) is 0.0983. The number of hydrogen-bond donors (Lipinski definition) is 1. The highest BCUT2D eigenvalue weighted by molar-refractivity contribution is 7.07. The highest BCUT2D eigenvalue weighted by Gasteiger charge is 2.18. The Morgan fingerprint density at radius 3 is 2.57 bits per heavy atom. The molecule has 3 nitrogen and oxygen atoms in total. The van der Waals surface area contributed by atoms with Crippen LogP contribution in [0.1, 0.15) is 26.3 Å². The lowest BCUT2D eigenvalue weighted by molar-refractivity contribution is -0.119. The Bertz CT molecular complexity index is 840. The van der Waals surface area contributed by atoms with Crippen LogP contribution in [-0.2, 0) is 4.79 Å². The molecule has 0 fully saturated rings. The highest BCUT2D eigenvalue weighted by Crippen LogP contribution is 2.15. The van der Waals surface area contributed by atoms with Crippen molar-refractivity contribution in [1.29, 1.82) is 0 Å². The standard InChI is InChI=1S/C16H16ClNO2S/c1-16(2,3)13(19)9-14-18-15(20)12(21-14)8-10-6-4-5-7-11(10)17/h4-9H,1-3H3,(H,18,20)/b12-8-,14-9+. The van der Waals surface area contributed by atoms with E-state index in [2.05, 4.69) is 4.98 Å². The van der Waals surface area contributed by atoms with Crippen LogP contribution in [0.3, 0.4) is 0 Å². The van der Waals surface area contributed by atoms with Gasteiger partial charge in [0.05, 0.1) is 9.20 Å². The van der Waals surface area contributed by atoms with Crippen LogP contribution in [0, 0.1) is 5.41 Å². The van der Waals surface area contributed by atoms with Crippen molar-refractivity contribution < 1.29 is 4.79 Å². The highest BCUT2D eigenvalue weighted by atomic mass is 35.5. The maximum atomic E-state index is 12.0. The summed E-state index contributed by atoms with van der Waals surface area (Å²) in [5.74, 6) is -0.0238.